The van der Waals surface area contributed by atoms with Gasteiger partial charge in [-0.1, -0.05) is 18.2 Å². The Labute approximate surface area is 148 Å². The second-order valence-electron chi connectivity index (χ2n) is 6.91. The number of rotatable bonds is 5. The maximum Gasteiger partial charge on any atom is 0.152 e. The maximum atomic E-state index is 13.8. The Morgan fingerprint density at radius 2 is 2.00 bits per heavy atom. The summed E-state index contributed by atoms with van der Waals surface area (Å²) in [4.78, 5) is 2.05. The molecule has 0 amide bonds. The smallest absolute Gasteiger partial charge is 0.152 e. The molecule has 1 aromatic heterocycles. The lowest BCUT2D eigenvalue weighted by atomic mass is 10.1. The first-order valence-electron chi connectivity index (χ1n) is 8.44. The van der Waals surface area contributed by atoms with Gasteiger partial charge in [0.1, 0.15) is 5.82 Å². The zero-order valence-corrected chi connectivity index (χ0v) is 15.7. The molecule has 2 aromatic rings. The van der Waals surface area contributed by atoms with Gasteiger partial charge in [0.25, 0.3) is 0 Å². The van der Waals surface area contributed by atoms with Crippen molar-refractivity contribution in [3.8, 4) is 0 Å². The van der Waals surface area contributed by atoms with Crippen LogP contribution in [0.5, 0.6) is 0 Å². The van der Waals surface area contributed by atoms with Crippen LogP contribution >= 0.6 is 0 Å². The molecular formula is C18H24FN3O2S. The summed E-state index contributed by atoms with van der Waals surface area (Å²) in [5.74, 6) is 0.201. The van der Waals surface area contributed by atoms with Crippen molar-refractivity contribution in [2.24, 2.45) is 0 Å². The van der Waals surface area contributed by atoms with E-state index in [2.05, 4.69) is 5.10 Å². The van der Waals surface area contributed by atoms with Gasteiger partial charge in [0.2, 0.25) is 0 Å². The van der Waals surface area contributed by atoms with Crippen molar-refractivity contribution in [2.45, 2.75) is 39.4 Å². The fourth-order valence-corrected chi connectivity index (χ4v) is 5.18. The van der Waals surface area contributed by atoms with Crippen molar-refractivity contribution in [1.82, 2.24) is 14.7 Å². The molecule has 5 nitrogen and oxygen atoms in total. The van der Waals surface area contributed by atoms with E-state index in [1.165, 1.54) is 6.07 Å². The van der Waals surface area contributed by atoms with E-state index in [1.54, 1.807) is 12.1 Å². The van der Waals surface area contributed by atoms with E-state index in [0.29, 0.717) is 25.1 Å². The molecule has 1 aliphatic heterocycles. The summed E-state index contributed by atoms with van der Waals surface area (Å²) in [6.45, 7) is 5.08. The van der Waals surface area contributed by atoms with Crippen molar-refractivity contribution >= 4 is 9.84 Å². The summed E-state index contributed by atoms with van der Waals surface area (Å²) in [6.07, 6.45) is 0.620. The molecule has 1 aromatic carbocycles. The minimum atomic E-state index is -2.95. The van der Waals surface area contributed by atoms with E-state index in [4.69, 9.17) is 0 Å². The SMILES string of the molecule is Cc1nn([C@@H]2CCS(=O)(=O)C2)c(C)c1CN(C)Cc1ccccc1F. The summed E-state index contributed by atoms with van der Waals surface area (Å²) in [6, 6.07) is 6.71. The third kappa shape index (κ3) is 3.93. The van der Waals surface area contributed by atoms with Gasteiger partial charge in [-0.3, -0.25) is 9.58 Å². The van der Waals surface area contributed by atoms with Gasteiger partial charge < -0.3 is 0 Å². The minimum absolute atomic E-state index is 0.0747. The predicted molar refractivity (Wildman–Crippen MR) is 95.6 cm³/mol. The monoisotopic (exact) mass is 365 g/mol. The number of hydrogen-bond donors (Lipinski definition) is 0. The van der Waals surface area contributed by atoms with E-state index in [1.807, 2.05) is 36.5 Å². The summed E-state index contributed by atoms with van der Waals surface area (Å²) in [7, 11) is -0.998. The van der Waals surface area contributed by atoms with Gasteiger partial charge in [-0.15, -0.1) is 0 Å². The molecule has 25 heavy (non-hydrogen) atoms. The van der Waals surface area contributed by atoms with Crippen molar-refractivity contribution in [1.29, 1.82) is 0 Å². The maximum absolute atomic E-state index is 13.8. The summed E-state index contributed by atoms with van der Waals surface area (Å²) in [5.41, 5.74) is 3.65. The summed E-state index contributed by atoms with van der Waals surface area (Å²) in [5, 5.41) is 4.59. The highest BCUT2D eigenvalue weighted by molar-refractivity contribution is 7.91. The highest BCUT2D eigenvalue weighted by atomic mass is 32.2. The number of halogens is 1. The van der Waals surface area contributed by atoms with Crippen LogP contribution in [-0.2, 0) is 22.9 Å². The Balaban J connectivity index is 1.76. The standard InChI is InChI=1S/C18H24FN3O2S/c1-13-17(11-21(3)10-15-6-4-5-7-18(15)19)14(2)22(20-13)16-8-9-25(23,24)12-16/h4-7,16H,8-12H2,1-3H3/t16-/m1/s1. The van der Waals surface area contributed by atoms with Crippen molar-refractivity contribution < 1.29 is 12.8 Å². The molecule has 3 rings (SSSR count). The van der Waals surface area contributed by atoms with Crippen LogP contribution in [0.4, 0.5) is 4.39 Å². The van der Waals surface area contributed by atoms with E-state index in [0.717, 1.165) is 17.0 Å². The largest absolute Gasteiger partial charge is 0.298 e. The Morgan fingerprint density at radius 3 is 2.64 bits per heavy atom. The minimum Gasteiger partial charge on any atom is -0.298 e. The second-order valence-corrected chi connectivity index (χ2v) is 9.14. The molecule has 0 unspecified atom stereocenters. The molecule has 7 heteroatoms. The molecule has 0 saturated carbocycles. The Bertz CT molecular complexity index is 876. The lowest BCUT2D eigenvalue weighted by Crippen LogP contribution is -2.19. The Hall–Kier alpha value is -1.73. The number of benzene rings is 1. The number of aromatic nitrogens is 2. The van der Waals surface area contributed by atoms with Crippen molar-refractivity contribution in [3.05, 3.63) is 52.6 Å². The normalized spacial score (nSPS) is 19.6. The van der Waals surface area contributed by atoms with Crippen LogP contribution in [0.3, 0.4) is 0 Å². The topological polar surface area (TPSA) is 55.2 Å². The number of hydrogen-bond acceptors (Lipinski definition) is 4. The third-order valence-corrected chi connectivity index (χ3v) is 6.61. The highest BCUT2D eigenvalue weighted by Gasteiger charge is 2.31. The van der Waals surface area contributed by atoms with Crippen molar-refractivity contribution in [3.63, 3.8) is 0 Å². The number of sulfone groups is 1. The van der Waals surface area contributed by atoms with Crippen LogP contribution in [0.25, 0.3) is 0 Å². The quantitative estimate of drug-likeness (QED) is 0.817. The fourth-order valence-electron chi connectivity index (χ4n) is 3.49. The zero-order chi connectivity index (χ0) is 18.2. The lowest BCUT2D eigenvalue weighted by Gasteiger charge is -2.18. The molecular weight excluding hydrogens is 341 g/mol. The Morgan fingerprint density at radius 1 is 1.28 bits per heavy atom. The van der Waals surface area contributed by atoms with Crippen LogP contribution in [0.15, 0.2) is 24.3 Å². The number of nitrogens with zero attached hydrogens (tertiary/aromatic N) is 3. The van der Waals surface area contributed by atoms with Gasteiger partial charge in [-0.05, 0) is 33.4 Å². The first-order chi connectivity index (χ1) is 11.8. The molecule has 1 aliphatic rings. The second kappa shape index (κ2) is 6.88. The zero-order valence-electron chi connectivity index (χ0n) is 14.9. The third-order valence-electron chi connectivity index (χ3n) is 4.86. The number of aryl methyl sites for hydroxylation is 1. The molecule has 1 atom stereocenters. The highest BCUT2D eigenvalue weighted by Crippen LogP contribution is 2.27. The average Bonchev–Trinajstić information content (AvgIpc) is 3.03. The van der Waals surface area contributed by atoms with Gasteiger partial charge in [-0.25, -0.2) is 12.8 Å². The molecule has 0 aliphatic carbocycles. The Kier molecular flexibility index (Phi) is 4.97. The fraction of sp³-hybridized carbons (Fsp3) is 0.500. The molecule has 0 N–H and O–H groups in total. The van der Waals surface area contributed by atoms with Crippen LogP contribution in [0.1, 0.15) is 35.0 Å². The van der Waals surface area contributed by atoms with Gasteiger partial charge >= 0.3 is 0 Å². The van der Waals surface area contributed by atoms with Crippen LogP contribution in [0, 0.1) is 19.7 Å². The molecule has 0 radical (unpaired) electrons. The van der Waals surface area contributed by atoms with Crippen LogP contribution < -0.4 is 0 Å². The molecule has 1 saturated heterocycles. The lowest BCUT2D eigenvalue weighted by molar-refractivity contribution is 0.312. The van der Waals surface area contributed by atoms with Crippen molar-refractivity contribution in [2.75, 3.05) is 18.6 Å². The van der Waals surface area contributed by atoms with Gasteiger partial charge in [0.15, 0.2) is 9.84 Å². The summed E-state index contributed by atoms with van der Waals surface area (Å²) < 4.78 is 39.2. The van der Waals surface area contributed by atoms with E-state index in [9.17, 15) is 12.8 Å². The van der Waals surface area contributed by atoms with Gasteiger partial charge in [0.05, 0.1) is 23.2 Å². The van der Waals surface area contributed by atoms with Crippen LogP contribution in [-0.4, -0.2) is 41.7 Å². The molecule has 1 fully saturated rings. The summed E-state index contributed by atoms with van der Waals surface area (Å²) >= 11 is 0. The van der Waals surface area contributed by atoms with E-state index >= 15 is 0 Å². The van der Waals surface area contributed by atoms with E-state index < -0.39 is 9.84 Å². The molecule has 136 valence electrons. The van der Waals surface area contributed by atoms with Gasteiger partial charge in [0, 0.05) is 29.9 Å². The molecule has 2 heterocycles. The first kappa shape index (κ1) is 18.1. The van der Waals surface area contributed by atoms with Gasteiger partial charge in [-0.2, -0.15) is 5.10 Å². The van der Waals surface area contributed by atoms with Crippen LogP contribution in [0.2, 0.25) is 0 Å². The average molecular weight is 365 g/mol. The first-order valence-corrected chi connectivity index (χ1v) is 10.3. The molecule has 0 spiro atoms. The predicted octanol–water partition coefficient (Wildman–Crippen LogP) is 2.63. The van der Waals surface area contributed by atoms with E-state index in [-0.39, 0.29) is 23.4 Å². The molecule has 0 bridgehead atoms.